The van der Waals surface area contributed by atoms with Gasteiger partial charge in [-0.3, -0.25) is 19.5 Å². The highest BCUT2D eigenvalue weighted by atomic mass is 16.5. The summed E-state index contributed by atoms with van der Waals surface area (Å²) in [5.74, 6) is 0.429. The highest BCUT2D eigenvalue weighted by Gasteiger charge is 2.27. The van der Waals surface area contributed by atoms with Crippen molar-refractivity contribution in [1.82, 2.24) is 30.2 Å². The zero-order valence-electron chi connectivity index (χ0n) is 18.3. The lowest BCUT2D eigenvalue weighted by molar-refractivity contribution is 0.00190. The highest BCUT2D eigenvalue weighted by molar-refractivity contribution is 5.93. The Morgan fingerprint density at radius 2 is 1.97 bits per heavy atom. The van der Waals surface area contributed by atoms with Crippen molar-refractivity contribution in [2.75, 3.05) is 32.8 Å². The molecule has 0 saturated carbocycles. The molecule has 3 rings (SSSR count). The first-order valence-corrected chi connectivity index (χ1v) is 10.6. The van der Waals surface area contributed by atoms with Crippen LogP contribution in [0.2, 0.25) is 0 Å². The fourth-order valence-corrected chi connectivity index (χ4v) is 4.34. The third kappa shape index (κ3) is 4.70. The van der Waals surface area contributed by atoms with Gasteiger partial charge >= 0.3 is 0 Å². The molecule has 1 atom stereocenters. The smallest absolute Gasteiger partial charge is 0.269 e. The number of carbonyl (C=O) groups excluding carboxylic acids is 1. The average molecular weight is 403 g/mol. The van der Waals surface area contributed by atoms with Crippen LogP contribution < -0.4 is 5.32 Å². The Bertz CT molecular complexity index is 817. The first kappa shape index (κ1) is 21.5. The number of amides is 1. The van der Waals surface area contributed by atoms with E-state index in [1.54, 1.807) is 0 Å². The minimum absolute atomic E-state index is 0.118. The molecule has 1 aliphatic rings. The summed E-state index contributed by atoms with van der Waals surface area (Å²) < 4.78 is 7.34. The number of nitrogens with zero attached hydrogens (tertiary/aromatic N) is 4. The second kappa shape index (κ2) is 9.54. The van der Waals surface area contributed by atoms with Gasteiger partial charge in [0.1, 0.15) is 5.69 Å². The molecular formula is C21H34N6O2. The quantitative estimate of drug-likeness (QED) is 0.707. The number of hydrogen-bond donors (Lipinski definition) is 2. The van der Waals surface area contributed by atoms with Crippen LogP contribution in [0.25, 0.3) is 11.3 Å². The number of carbonyl (C=O) groups is 1. The van der Waals surface area contributed by atoms with Crippen LogP contribution >= 0.6 is 0 Å². The lowest BCUT2D eigenvalue weighted by atomic mass is 9.92. The maximum Gasteiger partial charge on any atom is 0.269 e. The lowest BCUT2D eigenvalue weighted by Crippen LogP contribution is -2.52. The van der Waals surface area contributed by atoms with Crippen molar-refractivity contribution >= 4 is 5.91 Å². The molecule has 3 heterocycles. The predicted octanol–water partition coefficient (Wildman–Crippen LogP) is 2.29. The maximum absolute atomic E-state index is 12.8. The van der Waals surface area contributed by atoms with Crippen molar-refractivity contribution in [3.8, 4) is 11.3 Å². The van der Waals surface area contributed by atoms with Crippen LogP contribution in [0.5, 0.6) is 0 Å². The van der Waals surface area contributed by atoms with Crippen molar-refractivity contribution in [2.45, 2.75) is 46.6 Å². The van der Waals surface area contributed by atoms with Gasteiger partial charge < -0.3 is 10.1 Å². The molecule has 0 aromatic carbocycles. The molecule has 1 saturated heterocycles. The summed E-state index contributed by atoms with van der Waals surface area (Å²) >= 11 is 0. The van der Waals surface area contributed by atoms with E-state index in [-0.39, 0.29) is 5.91 Å². The number of hydrogen-bond acceptors (Lipinski definition) is 5. The molecule has 1 fully saturated rings. The summed E-state index contributed by atoms with van der Waals surface area (Å²) in [6.45, 7) is 12.4. The molecule has 0 aliphatic carbocycles. The van der Waals surface area contributed by atoms with Gasteiger partial charge in [-0.15, -0.1) is 0 Å². The van der Waals surface area contributed by atoms with Crippen LogP contribution in [0.1, 0.15) is 48.6 Å². The van der Waals surface area contributed by atoms with Crippen molar-refractivity contribution in [1.29, 1.82) is 0 Å². The molecule has 160 valence electrons. The summed E-state index contributed by atoms with van der Waals surface area (Å²) in [6, 6.07) is 2.13. The van der Waals surface area contributed by atoms with Gasteiger partial charge in [-0.25, -0.2) is 0 Å². The Balaban J connectivity index is 1.69. The zero-order chi connectivity index (χ0) is 21.0. The van der Waals surface area contributed by atoms with E-state index in [2.05, 4.69) is 39.4 Å². The standard InChI is InChI=1S/C21H34N6O2/c1-6-16(7-2)19(27-8-10-29-11-9-27)13-22-21(28)18-12-17(23-24-18)20-14(3)25-26(5)15(20)4/h12,16,19H,6-11,13H2,1-5H3,(H,22,28)(H,23,24). The first-order valence-electron chi connectivity index (χ1n) is 10.6. The van der Waals surface area contributed by atoms with Crippen LogP contribution in [0.3, 0.4) is 0 Å². The van der Waals surface area contributed by atoms with E-state index in [0.29, 0.717) is 24.2 Å². The van der Waals surface area contributed by atoms with E-state index in [9.17, 15) is 4.79 Å². The van der Waals surface area contributed by atoms with Gasteiger partial charge in [0, 0.05) is 44.0 Å². The summed E-state index contributed by atoms with van der Waals surface area (Å²) in [7, 11) is 1.91. The van der Waals surface area contributed by atoms with E-state index in [1.807, 2.05) is 31.6 Å². The van der Waals surface area contributed by atoms with E-state index in [4.69, 9.17) is 4.74 Å². The number of morpholine rings is 1. The topological polar surface area (TPSA) is 88.1 Å². The second-order valence-electron chi connectivity index (χ2n) is 7.84. The number of ether oxygens (including phenoxy) is 1. The molecule has 2 aromatic heterocycles. The van der Waals surface area contributed by atoms with Crippen molar-refractivity contribution < 1.29 is 9.53 Å². The maximum atomic E-state index is 12.8. The average Bonchev–Trinajstić information content (AvgIpc) is 3.30. The number of H-pyrrole nitrogens is 1. The molecule has 1 aliphatic heterocycles. The number of nitrogens with one attached hydrogen (secondary N) is 2. The SMILES string of the molecule is CCC(CC)C(CNC(=O)c1cc(-c2c(C)nn(C)c2C)n[nH]1)N1CCOCC1. The third-order valence-electron chi connectivity index (χ3n) is 6.17. The van der Waals surface area contributed by atoms with Gasteiger partial charge in [0.25, 0.3) is 5.91 Å². The molecule has 8 nitrogen and oxygen atoms in total. The van der Waals surface area contributed by atoms with Gasteiger partial charge in [-0.05, 0) is 25.8 Å². The van der Waals surface area contributed by atoms with Gasteiger partial charge in [0.05, 0.1) is 24.6 Å². The molecule has 2 aromatic rings. The molecule has 0 radical (unpaired) electrons. The Hall–Kier alpha value is -2.19. The van der Waals surface area contributed by atoms with Gasteiger partial charge in [0.2, 0.25) is 0 Å². The molecular weight excluding hydrogens is 368 g/mol. The van der Waals surface area contributed by atoms with Gasteiger partial charge in [-0.1, -0.05) is 26.7 Å². The third-order valence-corrected chi connectivity index (χ3v) is 6.17. The van der Waals surface area contributed by atoms with E-state index < -0.39 is 0 Å². The minimum Gasteiger partial charge on any atom is -0.379 e. The summed E-state index contributed by atoms with van der Waals surface area (Å²) in [6.07, 6.45) is 2.20. The number of aryl methyl sites for hydroxylation is 2. The van der Waals surface area contributed by atoms with Crippen LogP contribution in [0.4, 0.5) is 0 Å². The van der Waals surface area contributed by atoms with Crippen molar-refractivity contribution in [3.63, 3.8) is 0 Å². The van der Waals surface area contributed by atoms with Crippen LogP contribution in [0.15, 0.2) is 6.07 Å². The van der Waals surface area contributed by atoms with E-state index in [1.165, 1.54) is 0 Å². The van der Waals surface area contributed by atoms with Crippen LogP contribution in [-0.2, 0) is 11.8 Å². The van der Waals surface area contributed by atoms with Crippen molar-refractivity contribution in [2.24, 2.45) is 13.0 Å². The monoisotopic (exact) mass is 402 g/mol. The fourth-order valence-electron chi connectivity index (χ4n) is 4.34. The first-order chi connectivity index (χ1) is 14.0. The Morgan fingerprint density at radius 3 is 2.55 bits per heavy atom. The summed E-state index contributed by atoms with van der Waals surface area (Å²) in [4.78, 5) is 15.3. The Kier molecular flexibility index (Phi) is 7.08. The normalized spacial score (nSPS) is 16.3. The molecule has 1 amide bonds. The molecule has 29 heavy (non-hydrogen) atoms. The number of aromatic amines is 1. The summed E-state index contributed by atoms with van der Waals surface area (Å²) in [5, 5.41) is 14.8. The van der Waals surface area contributed by atoms with E-state index in [0.717, 1.165) is 61.8 Å². The molecule has 8 heteroatoms. The summed E-state index contributed by atoms with van der Waals surface area (Å²) in [5.41, 5.74) is 4.15. The number of aromatic nitrogens is 4. The van der Waals surface area contributed by atoms with Gasteiger partial charge in [0.15, 0.2) is 0 Å². The molecule has 0 spiro atoms. The predicted molar refractivity (Wildman–Crippen MR) is 113 cm³/mol. The minimum atomic E-state index is -0.118. The molecule has 1 unspecified atom stereocenters. The van der Waals surface area contributed by atoms with E-state index >= 15 is 0 Å². The van der Waals surface area contributed by atoms with Gasteiger partial charge in [-0.2, -0.15) is 10.2 Å². The largest absolute Gasteiger partial charge is 0.379 e. The van der Waals surface area contributed by atoms with Crippen LogP contribution in [0, 0.1) is 19.8 Å². The molecule has 2 N–H and O–H groups in total. The lowest BCUT2D eigenvalue weighted by Gasteiger charge is -2.38. The highest BCUT2D eigenvalue weighted by Crippen LogP contribution is 2.25. The fraction of sp³-hybridized carbons (Fsp3) is 0.667. The molecule has 0 bridgehead atoms. The number of rotatable bonds is 8. The zero-order valence-corrected chi connectivity index (χ0v) is 18.3. The Morgan fingerprint density at radius 1 is 1.28 bits per heavy atom. The second-order valence-corrected chi connectivity index (χ2v) is 7.84. The van der Waals surface area contributed by atoms with Crippen molar-refractivity contribution in [3.05, 3.63) is 23.1 Å². The van der Waals surface area contributed by atoms with Crippen LogP contribution in [-0.4, -0.2) is 69.7 Å². The Labute approximate surface area is 173 Å².